The second kappa shape index (κ2) is 7.38. The average Bonchev–Trinajstić information content (AvgIpc) is 2.99. The van der Waals surface area contributed by atoms with Gasteiger partial charge in [0.1, 0.15) is 11.4 Å². The van der Waals surface area contributed by atoms with Gasteiger partial charge in [0, 0.05) is 6.42 Å². The van der Waals surface area contributed by atoms with Crippen LogP contribution in [0, 0.1) is 12.8 Å². The Balaban J connectivity index is 1.72. The van der Waals surface area contributed by atoms with Crippen LogP contribution in [0.1, 0.15) is 48.8 Å². The van der Waals surface area contributed by atoms with Crippen LogP contribution in [0.15, 0.2) is 24.5 Å². The molecule has 27 heavy (non-hydrogen) atoms. The summed E-state index contributed by atoms with van der Waals surface area (Å²) in [6, 6.07) is 3.64. The summed E-state index contributed by atoms with van der Waals surface area (Å²) in [5.74, 6) is 0.406. The van der Waals surface area contributed by atoms with Gasteiger partial charge < -0.3 is 19.5 Å². The van der Waals surface area contributed by atoms with Gasteiger partial charge in [-0.15, -0.1) is 0 Å². The number of aromatic nitrogens is 2. The number of aliphatic hydroxyl groups is 1. The van der Waals surface area contributed by atoms with Crippen molar-refractivity contribution in [3.8, 4) is 11.6 Å². The first-order chi connectivity index (χ1) is 12.7. The van der Waals surface area contributed by atoms with Crippen molar-refractivity contribution in [2.24, 2.45) is 5.92 Å². The lowest BCUT2D eigenvalue weighted by Gasteiger charge is -2.24. The Labute approximate surface area is 158 Å². The highest BCUT2D eigenvalue weighted by Crippen LogP contribution is 2.26. The number of hydrogen-bond donors (Lipinski definition) is 2. The summed E-state index contributed by atoms with van der Waals surface area (Å²) in [4.78, 5) is 20.6. The van der Waals surface area contributed by atoms with Crippen LogP contribution in [0.25, 0.3) is 0 Å². The molecule has 0 spiro atoms. The van der Waals surface area contributed by atoms with Crippen LogP contribution < -0.4 is 10.2 Å². The molecule has 0 saturated carbocycles. The van der Waals surface area contributed by atoms with Crippen LogP contribution in [0.4, 0.5) is 0 Å². The fourth-order valence-electron chi connectivity index (χ4n) is 2.85. The van der Waals surface area contributed by atoms with E-state index >= 15 is 0 Å². The van der Waals surface area contributed by atoms with Crippen LogP contribution in [-0.2, 0) is 11.3 Å². The van der Waals surface area contributed by atoms with E-state index in [1.54, 1.807) is 19.9 Å². The lowest BCUT2D eigenvalue weighted by atomic mass is 9.76. The molecule has 1 aliphatic heterocycles. The SMILES string of the molecule is Cc1c(Oc2cnc(C(=O)C[C@@H](C)C(C)(C)O)cn2)ccc2c1B(O)OC2. The van der Waals surface area contributed by atoms with Crippen molar-refractivity contribution in [3.63, 3.8) is 0 Å². The van der Waals surface area contributed by atoms with E-state index in [1.807, 2.05) is 19.9 Å². The third-order valence-corrected chi connectivity index (χ3v) is 5.03. The second-order valence-corrected chi connectivity index (χ2v) is 7.45. The Bertz CT molecular complexity index is 848. The summed E-state index contributed by atoms with van der Waals surface area (Å²) in [5, 5.41) is 19.9. The fraction of sp³-hybridized carbons (Fsp3) is 0.421. The molecule has 0 bridgehead atoms. The molecule has 2 aromatic rings. The minimum Gasteiger partial charge on any atom is -0.437 e. The van der Waals surface area contributed by atoms with E-state index in [0.29, 0.717) is 17.8 Å². The molecule has 0 radical (unpaired) electrons. The Morgan fingerprint density at radius 2 is 2.11 bits per heavy atom. The molecule has 0 aliphatic carbocycles. The van der Waals surface area contributed by atoms with Gasteiger partial charge in [-0.05, 0) is 49.3 Å². The highest BCUT2D eigenvalue weighted by Gasteiger charge is 2.30. The van der Waals surface area contributed by atoms with E-state index in [1.165, 1.54) is 12.4 Å². The van der Waals surface area contributed by atoms with Crippen LogP contribution in [0.2, 0.25) is 0 Å². The largest absolute Gasteiger partial charge is 0.492 e. The molecule has 1 aromatic carbocycles. The molecule has 1 atom stereocenters. The maximum absolute atomic E-state index is 12.3. The van der Waals surface area contributed by atoms with E-state index < -0.39 is 12.7 Å². The van der Waals surface area contributed by atoms with Crippen LogP contribution in [-0.4, -0.2) is 38.6 Å². The van der Waals surface area contributed by atoms with Gasteiger partial charge in [-0.1, -0.05) is 13.0 Å². The zero-order chi connectivity index (χ0) is 19.8. The molecule has 0 saturated heterocycles. The van der Waals surface area contributed by atoms with Crippen LogP contribution >= 0.6 is 0 Å². The van der Waals surface area contributed by atoms with Crippen molar-refractivity contribution in [2.45, 2.75) is 46.3 Å². The van der Waals surface area contributed by atoms with Gasteiger partial charge in [-0.3, -0.25) is 4.79 Å². The Kier molecular flexibility index (Phi) is 5.32. The number of hydrogen-bond acceptors (Lipinski definition) is 7. The summed E-state index contributed by atoms with van der Waals surface area (Å²) >= 11 is 0. The standard InChI is InChI=1S/C19H23BN2O5/c1-11(19(3,4)24)7-15(23)14-8-22-17(9-21-14)27-16-6-5-13-10-26-20(25)18(13)12(16)2/h5-6,8-9,11,24-25H,7,10H2,1-4H3/t11-/m1/s1. The number of ether oxygens (including phenoxy) is 1. The first-order valence-electron chi connectivity index (χ1n) is 8.84. The zero-order valence-corrected chi connectivity index (χ0v) is 15.9. The van der Waals surface area contributed by atoms with E-state index in [9.17, 15) is 14.9 Å². The van der Waals surface area contributed by atoms with Gasteiger partial charge in [0.2, 0.25) is 5.88 Å². The van der Waals surface area contributed by atoms with Gasteiger partial charge >= 0.3 is 7.12 Å². The molecule has 0 fully saturated rings. The van der Waals surface area contributed by atoms with Gasteiger partial charge in [-0.2, -0.15) is 0 Å². The van der Waals surface area contributed by atoms with Gasteiger partial charge in [-0.25, -0.2) is 9.97 Å². The number of fused-ring (bicyclic) bond motifs is 1. The average molecular weight is 370 g/mol. The van der Waals surface area contributed by atoms with Crippen LogP contribution in [0.5, 0.6) is 11.6 Å². The number of benzene rings is 1. The molecule has 0 unspecified atom stereocenters. The molecule has 142 valence electrons. The maximum atomic E-state index is 12.3. The Morgan fingerprint density at radius 1 is 1.37 bits per heavy atom. The quantitative estimate of drug-likeness (QED) is 0.590. The summed E-state index contributed by atoms with van der Waals surface area (Å²) in [6.45, 7) is 7.38. The predicted molar refractivity (Wildman–Crippen MR) is 100 cm³/mol. The molecule has 2 heterocycles. The first kappa shape index (κ1) is 19.5. The molecular weight excluding hydrogens is 347 g/mol. The van der Waals surface area contributed by atoms with Gasteiger partial charge in [0.15, 0.2) is 5.78 Å². The minimum atomic E-state index is -0.951. The maximum Gasteiger partial charge on any atom is 0.492 e. The number of ketones is 1. The third-order valence-electron chi connectivity index (χ3n) is 5.03. The Hall–Kier alpha value is -2.29. The lowest BCUT2D eigenvalue weighted by Crippen LogP contribution is -2.30. The molecule has 7 nitrogen and oxygen atoms in total. The molecule has 0 amide bonds. The first-order valence-corrected chi connectivity index (χ1v) is 8.84. The van der Waals surface area contributed by atoms with Crippen molar-refractivity contribution in [1.29, 1.82) is 0 Å². The molecule has 1 aromatic heterocycles. The second-order valence-electron chi connectivity index (χ2n) is 7.45. The van der Waals surface area contributed by atoms with Crippen molar-refractivity contribution < 1.29 is 24.3 Å². The molecule has 8 heteroatoms. The number of carbonyl (C=O) groups excluding carboxylic acids is 1. The molecule has 2 N–H and O–H groups in total. The third kappa shape index (κ3) is 4.18. The number of Topliss-reactive ketones (excluding diaryl/α,β-unsaturated/α-hetero) is 1. The smallest absolute Gasteiger partial charge is 0.437 e. The van der Waals surface area contributed by atoms with Crippen LogP contribution in [0.3, 0.4) is 0 Å². The Morgan fingerprint density at radius 3 is 2.74 bits per heavy atom. The highest BCUT2D eigenvalue weighted by molar-refractivity contribution is 6.62. The summed E-state index contributed by atoms with van der Waals surface area (Å²) in [6.07, 6.45) is 2.94. The predicted octanol–water partition coefficient (Wildman–Crippen LogP) is 1.77. The van der Waals surface area contributed by atoms with E-state index in [-0.39, 0.29) is 29.7 Å². The topological polar surface area (TPSA) is 102 Å². The zero-order valence-electron chi connectivity index (χ0n) is 15.9. The summed E-state index contributed by atoms with van der Waals surface area (Å²) in [7, 11) is -0.951. The molecule has 3 rings (SSSR count). The van der Waals surface area contributed by atoms with Crippen molar-refractivity contribution in [3.05, 3.63) is 41.3 Å². The molecule has 1 aliphatic rings. The van der Waals surface area contributed by atoms with E-state index in [2.05, 4.69) is 9.97 Å². The number of rotatable bonds is 6. The normalized spacial score (nSPS) is 14.8. The lowest BCUT2D eigenvalue weighted by molar-refractivity contribution is 0.0212. The highest BCUT2D eigenvalue weighted by atomic mass is 16.5. The summed E-state index contributed by atoms with van der Waals surface area (Å²) < 4.78 is 11.0. The van der Waals surface area contributed by atoms with Gasteiger partial charge in [0.05, 0.1) is 24.6 Å². The van der Waals surface area contributed by atoms with Crippen molar-refractivity contribution in [1.82, 2.24) is 9.97 Å². The summed E-state index contributed by atoms with van der Waals surface area (Å²) in [5.41, 5.74) is 1.71. The van der Waals surface area contributed by atoms with E-state index in [0.717, 1.165) is 11.1 Å². The van der Waals surface area contributed by atoms with Gasteiger partial charge in [0.25, 0.3) is 0 Å². The molecular formula is C19H23BN2O5. The number of carbonyl (C=O) groups is 1. The fourth-order valence-corrected chi connectivity index (χ4v) is 2.85. The van der Waals surface area contributed by atoms with Crippen molar-refractivity contribution >= 4 is 18.4 Å². The van der Waals surface area contributed by atoms with E-state index in [4.69, 9.17) is 9.39 Å². The monoisotopic (exact) mass is 370 g/mol. The number of nitrogens with zero attached hydrogens (tertiary/aromatic N) is 2. The van der Waals surface area contributed by atoms with Crippen molar-refractivity contribution in [2.75, 3.05) is 0 Å². The minimum absolute atomic E-state index is 0.181.